The SMILES string of the molecule is Cl.Cl.Cl.Clc1ccc(CN(CCn2ccnc2)CCn2ccnc2)c(Cl)c1. The molecule has 3 rings (SSSR count). The van der Waals surface area contributed by atoms with Gasteiger partial charge in [0.2, 0.25) is 0 Å². The minimum atomic E-state index is 0. The van der Waals surface area contributed by atoms with Crippen LogP contribution in [0.3, 0.4) is 0 Å². The Morgan fingerprint density at radius 2 is 1.41 bits per heavy atom. The summed E-state index contributed by atoms with van der Waals surface area (Å²) >= 11 is 12.3. The van der Waals surface area contributed by atoms with Gasteiger partial charge >= 0.3 is 0 Å². The predicted molar refractivity (Wildman–Crippen MR) is 118 cm³/mol. The van der Waals surface area contributed by atoms with E-state index in [1.165, 1.54) is 0 Å². The van der Waals surface area contributed by atoms with Crippen molar-refractivity contribution >= 4 is 60.4 Å². The number of imidazole rings is 2. The molecule has 3 aromatic rings. The van der Waals surface area contributed by atoms with Gasteiger partial charge in [0.05, 0.1) is 12.7 Å². The Labute approximate surface area is 187 Å². The Balaban J connectivity index is 0.00000225. The summed E-state index contributed by atoms with van der Waals surface area (Å²) < 4.78 is 4.15. The van der Waals surface area contributed by atoms with Crippen LogP contribution in [0.15, 0.2) is 55.6 Å². The number of hydrogen-bond donors (Lipinski definition) is 0. The second-order valence-electron chi connectivity index (χ2n) is 5.61. The average Bonchev–Trinajstić information content (AvgIpc) is 3.26. The van der Waals surface area contributed by atoms with Crippen molar-refractivity contribution in [2.24, 2.45) is 0 Å². The number of benzene rings is 1. The average molecular weight is 474 g/mol. The molecule has 0 N–H and O–H groups in total. The second-order valence-corrected chi connectivity index (χ2v) is 6.46. The summed E-state index contributed by atoms with van der Waals surface area (Å²) in [4.78, 5) is 10.6. The molecule has 150 valence electrons. The third kappa shape index (κ3) is 8.30. The van der Waals surface area contributed by atoms with Crippen molar-refractivity contribution in [3.63, 3.8) is 0 Å². The highest BCUT2D eigenvalue weighted by molar-refractivity contribution is 6.35. The zero-order valence-corrected chi connectivity index (χ0v) is 18.4. The number of aromatic nitrogens is 4. The van der Waals surface area contributed by atoms with Gasteiger partial charge in [-0.05, 0) is 17.7 Å². The van der Waals surface area contributed by atoms with E-state index >= 15 is 0 Å². The fourth-order valence-electron chi connectivity index (χ4n) is 2.51. The summed E-state index contributed by atoms with van der Waals surface area (Å²) in [6.45, 7) is 4.36. The first-order valence-corrected chi connectivity index (χ1v) is 8.54. The first kappa shape index (κ1) is 26.1. The van der Waals surface area contributed by atoms with E-state index in [-0.39, 0.29) is 37.2 Å². The molecule has 0 fully saturated rings. The maximum atomic E-state index is 6.33. The van der Waals surface area contributed by atoms with Crippen LogP contribution in [0.25, 0.3) is 0 Å². The molecule has 5 nitrogen and oxygen atoms in total. The standard InChI is InChI=1S/C17H19Cl2N5.3ClH/c18-16-2-1-15(17(19)11-16)12-22(7-9-23-5-3-20-13-23)8-10-24-6-4-21-14-24;;;/h1-6,11,13-14H,7-10,12H2;3*1H. The van der Waals surface area contributed by atoms with Crippen LogP contribution < -0.4 is 0 Å². The van der Waals surface area contributed by atoms with E-state index in [0.29, 0.717) is 10.0 Å². The smallest absolute Gasteiger partial charge is 0.0946 e. The Morgan fingerprint density at radius 1 is 0.852 bits per heavy atom. The zero-order chi connectivity index (χ0) is 16.8. The van der Waals surface area contributed by atoms with Gasteiger partial charge in [-0.15, -0.1) is 37.2 Å². The monoisotopic (exact) mass is 471 g/mol. The lowest BCUT2D eigenvalue weighted by Gasteiger charge is -2.23. The van der Waals surface area contributed by atoms with E-state index in [1.54, 1.807) is 18.5 Å². The molecule has 0 saturated carbocycles. The van der Waals surface area contributed by atoms with Crippen molar-refractivity contribution in [3.05, 3.63) is 71.2 Å². The van der Waals surface area contributed by atoms with E-state index in [1.807, 2.05) is 37.2 Å². The number of nitrogens with zero attached hydrogens (tertiary/aromatic N) is 5. The normalized spacial score (nSPS) is 10.0. The van der Waals surface area contributed by atoms with Crippen LogP contribution in [0.2, 0.25) is 10.0 Å². The van der Waals surface area contributed by atoms with Gasteiger partial charge in [0.15, 0.2) is 0 Å². The summed E-state index contributed by atoms with van der Waals surface area (Å²) in [6, 6.07) is 5.67. The van der Waals surface area contributed by atoms with E-state index in [0.717, 1.165) is 38.3 Å². The van der Waals surface area contributed by atoms with Gasteiger partial charge < -0.3 is 9.13 Å². The quantitative estimate of drug-likeness (QED) is 0.469. The maximum absolute atomic E-state index is 6.33. The van der Waals surface area contributed by atoms with E-state index in [4.69, 9.17) is 23.2 Å². The Hall–Kier alpha value is -0.950. The fraction of sp³-hybridized carbons (Fsp3) is 0.294. The topological polar surface area (TPSA) is 38.9 Å². The van der Waals surface area contributed by atoms with Gasteiger partial charge in [-0.25, -0.2) is 9.97 Å². The third-order valence-electron chi connectivity index (χ3n) is 3.88. The molecule has 1 aromatic carbocycles. The molecule has 2 aromatic heterocycles. The van der Waals surface area contributed by atoms with E-state index in [9.17, 15) is 0 Å². The van der Waals surface area contributed by atoms with Crippen molar-refractivity contribution in [2.75, 3.05) is 13.1 Å². The summed E-state index contributed by atoms with van der Waals surface area (Å²) in [5.41, 5.74) is 1.08. The highest BCUT2D eigenvalue weighted by atomic mass is 35.5. The zero-order valence-electron chi connectivity index (χ0n) is 14.4. The van der Waals surface area contributed by atoms with Crippen molar-refractivity contribution in [1.29, 1.82) is 0 Å². The number of hydrogen-bond acceptors (Lipinski definition) is 3. The van der Waals surface area contributed by atoms with Crippen LogP contribution in [-0.2, 0) is 19.6 Å². The fourth-order valence-corrected chi connectivity index (χ4v) is 2.98. The van der Waals surface area contributed by atoms with E-state index < -0.39 is 0 Å². The second kappa shape index (κ2) is 13.3. The molecular formula is C17H22Cl5N5. The largest absolute Gasteiger partial charge is 0.336 e. The molecule has 2 heterocycles. The molecule has 0 amide bonds. The molecule has 0 aliphatic heterocycles. The lowest BCUT2D eigenvalue weighted by molar-refractivity contribution is 0.244. The van der Waals surface area contributed by atoms with Gasteiger partial charge in [-0.2, -0.15) is 0 Å². The molecule has 10 heteroatoms. The molecule has 0 aliphatic carbocycles. The van der Waals surface area contributed by atoms with Gasteiger partial charge in [0, 0.05) is 67.6 Å². The van der Waals surface area contributed by atoms with Crippen LogP contribution in [0, 0.1) is 0 Å². The molecule has 0 spiro atoms. The maximum Gasteiger partial charge on any atom is 0.0946 e. The molecule has 0 unspecified atom stereocenters. The molecule has 0 bridgehead atoms. The Kier molecular flexibility index (Phi) is 12.8. The molecule has 27 heavy (non-hydrogen) atoms. The summed E-state index contributed by atoms with van der Waals surface area (Å²) in [5.74, 6) is 0. The van der Waals surface area contributed by atoms with Crippen molar-refractivity contribution in [1.82, 2.24) is 24.0 Å². The van der Waals surface area contributed by atoms with Gasteiger partial charge in [-0.1, -0.05) is 29.3 Å². The minimum absolute atomic E-state index is 0. The van der Waals surface area contributed by atoms with Crippen LogP contribution >= 0.6 is 60.4 Å². The van der Waals surface area contributed by atoms with Crippen LogP contribution in [-0.4, -0.2) is 37.1 Å². The predicted octanol–water partition coefficient (Wildman–Crippen LogP) is 4.85. The summed E-state index contributed by atoms with van der Waals surface area (Å²) in [7, 11) is 0. The first-order valence-electron chi connectivity index (χ1n) is 7.78. The number of halogens is 5. The molecular weight excluding hydrogens is 451 g/mol. The Bertz CT molecular complexity index is 711. The first-order chi connectivity index (χ1) is 11.7. The molecule has 0 atom stereocenters. The van der Waals surface area contributed by atoms with Crippen molar-refractivity contribution in [2.45, 2.75) is 19.6 Å². The Morgan fingerprint density at radius 3 is 1.85 bits per heavy atom. The molecule has 0 saturated heterocycles. The van der Waals surface area contributed by atoms with Crippen molar-refractivity contribution in [3.8, 4) is 0 Å². The summed E-state index contributed by atoms with van der Waals surface area (Å²) in [5, 5.41) is 1.37. The van der Waals surface area contributed by atoms with Crippen LogP contribution in [0.5, 0.6) is 0 Å². The molecule has 0 radical (unpaired) electrons. The van der Waals surface area contributed by atoms with Crippen molar-refractivity contribution < 1.29 is 0 Å². The van der Waals surface area contributed by atoms with Crippen LogP contribution in [0.1, 0.15) is 5.56 Å². The highest BCUT2D eigenvalue weighted by Gasteiger charge is 2.10. The lowest BCUT2D eigenvalue weighted by Crippen LogP contribution is -2.30. The van der Waals surface area contributed by atoms with Crippen LogP contribution in [0.4, 0.5) is 0 Å². The lowest BCUT2D eigenvalue weighted by atomic mass is 10.2. The number of rotatable bonds is 8. The van der Waals surface area contributed by atoms with Gasteiger partial charge in [-0.3, -0.25) is 4.90 Å². The summed E-state index contributed by atoms with van der Waals surface area (Å²) in [6.07, 6.45) is 11.2. The van der Waals surface area contributed by atoms with Gasteiger partial charge in [0.1, 0.15) is 0 Å². The third-order valence-corrected chi connectivity index (χ3v) is 4.46. The van der Waals surface area contributed by atoms with Gasteiger partial charge in [0.25, 0.3) is 0 Å². The highest BCUT2D eigenvalue weighted by Crippen LogP contribution is 2.22. The van der Waals surface area contributed by atoms with E-state index in [2.05, 4.69) is 24.0 Å². The molecule has 0 aliphatic rings. The minimum Gasteiger partial charge on any atom is -0.336 e.